The van der Waals surface area contributed by atoms with Gasteiger partial charge in [0.05, 0.1) is 18.2 Å². The first-order valence-electron chi connectivity index (χ1n) is 8.25. The zero-order chi connectivity index (χ0) is 18.6. The number of halogens is 2. The van der Waals surface area contributed by atoms with E-state index in [-0.39, 0.29) is 17.7 Å². The smallest absolute Gasteiger partial charge is 0.310 e. The molecule has 1 aromatic rings. The summed E-state index contributed by atoms with van der Waals surface area (Å²) in [5, 5.41) is 2.90. The number of hydrogen-bond acceptors (Lipinski definition) is 3. The molecular formula is C18H31F2NO2. The van der Waals surface area contributed by atoms with Crippen LogP contribution >= 0.6 is 0 Å². The van der Waals surface area contributed by atoms with E-state index >= 15 is 0 Å². The van der Waals surface area contributed by atoms with Crippen LogP contribution < -0.4 is 5.32 Å². The summed E-state index contributed by atoms with van der Waals surface area (Å²) in [5.41, 5.74) is 0.672. The summed E-state index contributed by atoms with van der Waals surface area (Å²) in [7, 11) is 0. The van der Waals surface area contributed by atoms with Gasteiger partial charge in [0, 0.05) is 12.1 Å². The number of benzene rings is 1. The number of anilines is 1. The molecule has 0 aliphatic carbocycles. The van der Waals surface area contributed by atoms with Crippen molar-refractivity contribution in [2.75, 3.05) is 11.9 Å². The Hall–Kier alpha value is -1.65. The predicted molar refractivity (Wildman–Crippen MR) is 92.7 cm³/mol. The third kappa shape index (κ3) is 7.95. The third-order valence-corrected chi connectivity index (χ3v) is 3.03. The second-order valence-electron chi connectivity index (χ2n) is 4.55. The quantitative estimate of drug-likeness (QED) is 0.742. The van der Waals surface area contributed by atoms with Gasteiger partial charge in [0.1, 0.15) is 11.6 Å². The number of esters is 1. The van der Waals surface area contributed by atoms with E-state index in [9.17, 15) is 13.6 Å². The molecule has 3 nitrogen and oxygen atoms in total. The molecule has 0 saturated heterocycles. The zero-order valence-electron chi connectivity index (χ0n) is 15.6. The van der Waals surface area contributed by atoms with Gasteiger partial charge >= 0.3 is 5.97 Å². The summed E-state index contributed by atoms with van der Waals surface area (Å²) in [6.07, 6.45) is 0. The van der Waals surface area contributed by atoms with Crippen LogP contribution in [0.15, 0.2) is 12.1 Å². The number of nitrogens with one attached hydrogen (secondary N) is 1. The van der Waals surface area contributed by atoms with E-state index in [1.165, 1.54) is 6.07 Å². The van der Waals surface area contributed by atoms with Crippen molar-refractivity contribution in [3.8, 4) is 0 Å². The van der Waals surface area contributed by atoms with Gasteiger partial charge in [-0.3, -0.25) is 4.79 Å². The SMILES string of the molecule is CC.CC.CCOC(=O)C(C)C(C)Nc1c(C)cc(F)cc1F. The Balaban J connectivity index is 0. The summed E-state index contributed by atoms with van der Waals surface area (Å²) in [5.74, 6) is -2.06. The molecule has 2 unspecified atom stereocenters. The van der Waals surface area contributed by atoms with Gasteiger partial charge in [-0.2, -0.15) is 0 Å². The molecule has 0 bridgehead atoms. The van der Waals surface area contributed by atoms with E-state index in [2.05, 4.69) is 5.32 Å². The van der Waals surface area contributed by atoms with Crippen LogP contribution in [-0.2, 0) is 9.53 Å². The maximum atomic E-state index is 13.7. The Morgan fingerprint density at radius 3 is 2.13 bits per heavy atom. The molecule has 2 atom stereocenters. The fraction of sp³-hybridized carbons (Fsp3) is 0.611. The molecule has 23 heavy (non-hydrogen) atoms. The van der Waals surface area contributed by atoms with Crippen LogP contribution in [0.3, 0.4) is 0 Å². The number of hydrogen-bond donors (Lipinski definition) is 1. The van der Waals surface area contributed by atoms with E-state index < -0.39 is 17.6 Å². The van der Waals surface area contributed by atoms with Crippen LogP contribution in [-0.4, -0.2) is 18.6 Å². The topological polar surface area (TPSA) is 38.3 Å². The fourth-order valence-electron chi connectivity index (χ4n) is 1.72. The van der Waals surface area contributed by atoms with Crippen molar-refractivity contribution < 1.29 is 18.3 Å². The van der Waals surface area contributed by atoms with E-state index in [1.54, 1.807) is 27.7 Å². The van der Waals surface area contributed by atoms with E-state index in [1.807, 2.05) is 27.7 Å². The summed E-state index contributed by atoms with van der Waals surface area (Å²) in [6, 6.07) is 1.74. The van der Waals surface area contributed by atoms with Crippen LogP contribution in [0, 0.1) is 24.5 Å². The predicted octanol–water partition coefficient (Wildman–Crippen LogP) is 5.33. The lowest BCUT2D eigenvalue weighted by Gasteiger charge is -2.22. The number of ether oxygens (including phenoxy) is 1. The van der Waals surface area contributed by atoms with Crippen molar-refractivity contribution in [2.45, 2.75) is 61.4 Å². The maximum Gasteiger partial charge on any atom is 0.310 e. The Labute approximate surface area is 139 Å². The van der Waals surface area contributed by atoms with Crippen LogP contribution in [0.25, 0.3) is 0 Å². The summed E-state index contributed by atoms with van der Waals surface area (Å²) in [4.78, 5) is 11.6. The second kappa shape index (κ2) is 12.9. The highest BCUT2D eigenvalue weighted by molar-refractivity contribution is 5.73. The molecule has 0 aliphatic rings. The van der Waals surface area contributed by atoms with Gasteiger partial charge in [-0.05, 0) is 39.3 Å². The highest BCUT2D eigenvalue weighted by Crippen LogP contribution is 2.23. The van der Waals surface area contributed by atoms with Crippen molar-refractivity contribution in [1.82, 2.24) is 0 Å². The lowest BCUT2D eigenvalue weighted by atomic mass is 10.0. The Bertz CT molecular complexity index is 441. The Morgan fingerprint density at radius 1 is 1.17 bits per heavy atom. The van der Waals surface area contributed by atoms with Crippen LogP contribution in [0.5, 0.6) is 0 Å². The number of aryl methyl sites for hydroxylation is 1. The minimum absolute atomic E-state index is 0.213. The summed E-state index contributed by atoms with van der Waals surface area (Å²) < 4.78 is 31.6. The van der Waals surface area contributed by atoms with Crippen molar-refractivity contribution in [3.63, 3.8) is 0 Å². The highest BCUT2D eigenvalue weighted by Gasteiger charge is 2.22. The molecule has 134 valence electrons. The first kappa shape index (κ1) is 23.6. The average Bonchev–Trinajstić information content (AvgIpc) is 2.54. The first-order chi connectivity index (χ1) is 10.9. The molecule has 5 heteroatoms. The minimum Gasteiger partial charge on any atom is -0.466 e. The van der Waals surface area contributed by atoms with Gasteiger partial charge in [0.25, 0.3) is 0 Å². The molecule has 1 N–H and O–H groups in total. The van der Waals surface area contributed by atoms with E-state index in [0.717, 1.165) is 6.07 Å². The maximum absolute atomic E-state index is 13.7. The Morgan fingerprint density at radius 2 is 1.70 bits per heavy atom. The molecule has 1 aromatic carbocycles. The summed E-state index contributed by atoms with van der Waals surface area (Å²) >= 11 is 0. The monoisotopic (exact) mass is 331 g/mol. The third-order valence-electron chi connectivity index (χ3n) is 3.03. The molecule has 0 radical (unpaired) electrons. The van der Waals surface area contributed by atoms with Gasteiger partial charge < -0.3 is 10.1 Å². The van der Waals surface area contributed by atoms with Crippen molar-refractivity contribution in [3.05, 3.63) is 29.3 Å². The normalized spacial score (nSPS) is 11.9. The van der Waals surface area contributed by atoms with Gasteiger partial charge in [0.15, 0.2) is 0 Å². The molecular weight excluding hydrogens is 300 g/mol. The number of rotatable bonds is 5. The lowest BCUT2D eigenvalue weighted by molar-refractivity contribution is -0.147. The van der Waals surface area contributed by atoms with Crippen molar-refractivity contribution >= 4 is 11.7 Å². The number of carbonyl (C=O) groups excluding carboxylic acids is 1. The lowest BCUT2D eigenvalue weighted by Crippen LogP contribution is -2.31. The second-order valence-corrected chi connectivity index (χ2v) is 4.55. The molecule has 0 aliphatic heterocycles. The molecule has 1 rings (SSSR count). The van der Waals surface area contributed by atoms with Gasteiger partial charge in [-0.15, -0.1) is 0 Å². The standard InChI is InChI=1S/C14H19F2NO2.2C2H6/c1-5-19-14(18)9(3)10(4)17-13-8(2)6-11(15)7-12(13)16;2*1-2/h6-7,9-10,17H,5H2,1-4H3;2*1-2H3. The van der Waals surface area contributed by atoms with Crippen LogP contribution in [0.4, 0.5) is 14.5 Å². The average molecular weight is 331 g/mol. The van der Waals surface area contributed by atoms with Gasteiger partial charge in [-0.25, -0.2) is 8.78 Å². The van der Waals surface area contributed by atoms with E-state index in [4.69, 9.17) is 4.74 Å². The molecule has 0 heterocycles. The first-order valence-corrected chi connectivity index (χ1v) is 8.25. The molecule has 0 aromatic heterocycles. The van der Waals surface area contributed by atoms with Crippen LogP contribution in [0.1, 0.15) is 54.0 Å². The molecule has 0 amide bonds. The van der Waals surface area contributed by atoms with Gasteiger partial charge in [-0.1, -0.05) is 27.7 Å². The molecule has 0 spiro atoms. The number of carbonyl (C=O) groups is 1. The largest absolute Gasteiger partial charge is 0.466 e. The molecule has 0 saturated carbocycles. The summed E-state index contributed by atoms with van der Waals surface area (Å²) in [6.45, 7) is 15.1. The molecule has 0 fully saturated rings. The zero-order valence-corrected chi connectivity index (χ0v) is 15.6. The van der Waals surface area contributed by atoms with Crippen LogP contribution in [0.2, 0.25) is 0 Å². The van der Waals surface area contributed by atoms with E-state index in [0.29, 0.717) is 12.2 Å². The fourth-order valence-corrected chi connectivity index (χ4v) is 1.72. The Kier molecular flexibility index (Phi) is 13.2. The van der Waals surface area contributed by atoms with Crippen molar-refractivity contribution in [2.24, 2.45) is 5.92 Å². The highest BCUT2D eigenvalue weighted by atomic mass is 19.1. The minimum atomic E-state index is -0.666. The van der Waals surface area contributed by atoms with Gasteiger partial charge in [0.2, 0.25) is 0 Å². The van der Waals surface area contributed by atoms with Crippen molar-refractivity contribution in [1.29, 1.82) is 0 Å².